The van der Waals surface area contributed by atoms with Gasteiger partial charge in [-0.3, -0.25) is 18.9 Å². The largest absolute Gasteiger partial charge is 0.756 e. The lowest BCUT2D eigenvalue weighted by Gasteiger charge is -2.46. The zero-order chi connectivity index (χ0) is 54.6. The first-order chi connectivity index (χ1) is 35.5. The van der Waals surface area contributed by atoms with Gasteiger partial charge in [-0.25, -0.2) is 0 Å². The molecule has 13 atom stereocenters. The van der Waals surface area contributed by atoms with Gasteiger partial charge in [0.05, 0.1) is 32.2 Å². The molecule has 0 bridgehead atoms. The van der Waals surface area contributed by atoms with Crippen LogP contribution in [0.15, 0.2) is 0 Å². The number of esters is 1. The molecule has 9 N–H and O–H groups in total. The van der Waals surface area contributed by atoms with Gasteiger partial charge in [-0.2, -0.15) is 0 Å². The van der Waals surface area contributed by atoms with Crippen LogP contribution in [0, 0.1) is 0 Å². The Morgan fingerprint density at radius 1 is 0.581 bits per heavy atom. The van der Waals surface area contributed by atoms with Crippen molar-refractivity contribution in [1.82, 2.24) is 10.6 Å². The smallest absolute Gasteiger partial charge is 0.306 e. The summed E-state index contributed by atoms with van der Waals surface area (Å²) in [4.78, 5) is 61.3. The van der Waals surface area contributed by atoms with Crippen LogP contribution in [0.3, 0.4) is 0 Å². The lowest BCUT2D eigenvalue weighted by molar-refractivity contribution is -0.302. The molecule has 74 heavy (non-hydrogen) atoms. The Labute approximate surface area is 443 Å². The fourth-order valence-electron chi connectivity index (χ4n) is 9.84. The second kappa shape index (κ2) is 41.2. The quantitative estimate of drug-likeness (QED) is 0.0170. The maximum Gasteiger partial charge on any atom is 0.306 e. The van der Waals surface area contributed by atoms with Gasteiger partial charge in [0.1, 0.15) is 54.8 Å². The van der Waals surface area contributed by atoms with E-state index < -0.39 is 112 Å². The van der Waals surface area contributed by atoms with Crippen molar-refractivity contribution in [2.45, 2.75) is 313 Å². The second-order valence-electron chi connectivity index (χ2n) is 21.0. The Bertz CT molecular complexity index is 1500. The fourth-order valence-corrected chi connectivity index (χ4v) is 10.4. The molecule has 2 amide bonds. The van der Waals surface area contributed by atoms with E-state index in [0.29, 0.717) is 25.7 Å². The molecule has 0 aromatic heterocycles. The van der Waals surface area contributed by atoms with Crippen LogP contribution in [-0.2, 0) is 42.4 Å². The number of aliphatic hydroxyl groups is 6. The molecule has 0 spiro atoms. The number of carbonyl (C=O) groups is 3. The van der Waals surface area contributed by atoms with Crippen LogP contribution >= 0.6 is 7.82 Å². The normalized spacial score (nSPS) is 25.8. The summed E-state index contributed by atoms with van der Waals surface area (Å²) in [7, 11) is -5.56. The third-order valence-electron chi connectivity index (χ3n) is 14.3. The highest BCUT2D eigenvalue weighted by molar-refractivity contribution is 7.44. The average Bonchev–Trinajstić information content (AvgIpc) is 3.35. The average molecular weight is 1080 g/mol. The molecule has 20 heteroatoms. The zero-order valence-electron chi connectivity index (χ0n) is 45.5. The third kappa shape index (κ3) is 30.3. The molecule has 2 heterocycles. The minimum Gasteiger partial charge on any atom is -0.756 e. The van der Waals surface area contributed by atoms with Gasteiger partial charge < -0.3 is 74.5 Å². The van der Waals surface area contributed by atoms with E-state index in [2.05, 4.69) is 31.4 Å². The van der Waals surface area contributed by atoms with Crippen LogP contribution in [0.4, 0.5) is 0 Å². The van der Waals surface area contributed by atoms with E-state index in [4.69, 9.17) is 23.5 Å². The Kier molecular flexibility index (Phi) is 38.0. The molecule has 5 unspecified atom stereocenters. The van der Waals surface area contributed by atoms with Crippen molar-refractivity contribution in [3.8, 4) is 0 Å². The molecule has 2 saturated heterocycles. The lowest BCUT2D eigenvalue weighted by atomic mass is 9.95. The molecule has 0 saturated carbocycles. The highest BCUT2D eigenvalue weighted by Gasteiger charge is 2.50. The summed E-state index contributed by atoms with van der Waals surface area (Å²) in [6.45, 7) is 4.93. The van der Waals surface area contributed by atoms with Crippen LogP contribution in [-0.4, -0.2) is 140 Å². The standard InChI is InChI=1S/C54H103N2O17P/c1-4-7-10-13-16-19-20-23-26-29-32-35-46(61)70-41(34-31-28-25-22-18-15-12-9-6-3)37-45(60)56-48-51(64)52(73-74(66,67)68)42(38-57)72-54(48)69-39-43-49(62)50(63)47(53(65)71-43)55-44(59)36-40(58)33-30-27-24-21-17-14-11-8-5-2/h40-43,47-54,57-58,62-65H,4-39H2,1-3H3,(H,55,59)(H,56,60)(H2,66,67,68)/p-1/t40-,41-,42?,43?,47?,48?,49-,50-,51-,52-,53+,54-/m1/s1. The predicted octanol–water partition coefficient (Wildman–Crippen LogP) is 6.93. The van der Waals surface area contributed by atoms with Gasteiger partial charge in [-0.1, -0.05) is 194 Å². The van der Waals surface area contributed by atoms with E-state index in [1.165, 1.54) is 103 Å². The van der Waals surface area contributed by atoms with E-state index in [9.17, 15) is 59.4 Å². The highest BCUT2D eigenvalue weighted by atomic mass is 31.2. The summed E-state index contributed by atoms with van der Waals surface area (Å²) >= 11 is 0. The lowest BCUT2D eigenvalue weighted by Crippen LogP contribution is -2.67. The molecule has 2 rings (SSSR count). The number of hydrogen-bond acceptors (Lipinski definition) is 16. The third-order valence-corrected chi connectivity index (χ3v) is 14.8. The van der Waals surface area contributed by atoms with Crippen molar-refractivity contribution in [3.05, 3.63) is 0 Å². The number of carbonyl (C=O) groups excluding carboxylic acids is 3. The fraction of sp³-hybridized carbons (Fsp3) is 0.944. The van der Waals surface area contributed by atoms with Crippen molar-refractivity contribution in [2.75, 3.05) is 13.2 Å². The number of phosphoric ester groups is 1. The minimum atomic E-state index is -5.56. The van der Waals surface area contributed by atoms with Gasteiger partial charge in [0.25, 0.3) is 7.82 Å². The van der Waals surface area contributed by atoms with Gasteiger partial charge in [0, 0.05) is 6.42 Å². The summed E-state index contributed by atoms with van der Waals surface area (Å²) in [5.41, 5.74) is 0. The van der Waals surface area contributed by atoms with Crippen LogP contribution in [0.5, 0.6) is 0 Å². The van der Waals surface area contributed by atoms with E-state index >= 15 is 0 Å². The van der Waals surface area contributed by atoms with Crippen LogP contribution < -0.4 is 15.5 Å². The van der Waals surface area contributed by atoms with Crippen molar-refractivity contribution in [1.29, 1.82) is 0 Å². The van der Waals surface area contributed by atoms with E-state index in [0.717, 1.165) is 70.6 Å². The van der Waals surface area contributed by atoms with Crippen molar-refractivity contribution in [3.63, 3.8) is 0 Å². The van der Waals surface area contributed by atoms with Crippen LogP contribution in [0.2, 0.25) is 0 Å². The molecule has 436 valence electrons. The molecule has 2 aliphatic rings. The maximum atomic E-state index is 13.9. The topological polar surface area (TPSA) is 303 Å². The minimum absolute atomic E-state index is 0.185. The second-order valence-corrected chi connectivity index (χ2v) is 22.2. The predicted molar refractivity (Wildman–Crippen MR) is 279 cm³/mol. The first kappa shape index (κ1) is 68.3. The SMILES string of the molecule is CCCCCCCCCCCCCC(=O)O[C@H](CCCCCCCCCCC)CC(=O)NC1[C@H](OCC2O[C@H](O)C(NC(=O)C[C@H](O)CCCCCCCCCCC)[C@@H](O)[C@@H]2O)OC(CO)[C@@H](OP(=O)([O-])O)[C@@H]1O. The van der Waals surface area contributed by atoms with Crippen molar-refractivity contribution in [2.24, 2.45) is 0 Å². The number of amides is 2. The number of hydrogen-bond donors (Lipinski definition) is 9. The van der Waals surface area contributed by atoms with E-state index in [1.54, 1.807) is 0 Å². The van der Waals surface area contributed by atoms with Gasteiger partial charge in [-0.15, -0.1) is 0 Å². The van der Waals surface area contributed by atoms with E-state index in [1.807, 2.05) is 0 Å². The van der Waals surface area contributed by atoms with Crippen LogP contribution in [0.1, 0.15) is 239 Å². The number of ether oxygens (including phenoxy) is 4. The molecule has 2 aliphatic heterocycles. The molecular formula is C54H102N2O17P-. The molecule has 0 aliphatic carbocycles. The summed E-state index contributed by atoms with van der Waals surface area (Å²) in [5.74, 6) is -1.87. The molecule has 0 aromatic carbocycles. The molecule has 19 nitrogen and oxygen atoms in total. The number of phosphoric acid groups is 1. The monoisotopic (exact) mass is 1080 g/mol. The van der Waals surface area contributed by atoms with Gasteiger partial charge in [0.2, 0.25) is 11.8 Å². The molecule has 0 radical (unpaired) electrons. The Balaban J connectivity index is 2.07. The summed E-state index contributed by atoms with van der Waals surface area (Å²) in [6, 6.07) is -3.16. The molecular weight excluding hydrogens is 980 g/mol. The highest BCUT2D eigenvalue weighted by Crippen LogP contribution is 2.38. The van der Waals surface area contributed by atoms with Crippen LogP contribution in [0.25, 0.3) is 0 Å². The number of rotatable bonds is 45. The summed E-state index contributed by atoms with van der Waals surface area (Å²) < 4.78 is 39.6. The zero-order valence-corrected chi connectivity index (χ0v) is 46.4. The molecule has 2 fully saturated rings. The maximum absolute atomic E-state index is 13.9. The summed E-state index contributed by atoms with van der Waals surface area (Å²) in [6.07, 6.45) is 15.9. The number of nitrogens with one attached hydrogen (secondary N) is 2. The van der Waals surface area contributed by atoms with Crippen molar-refractivity contribution >= 4 is 25.6 Å². The Morgan fingerprint density at radius 3 is 1.51 bits per heavy atom. The number of unbranched alkanes of at least 4 members (excludes halogenated alkanes) is 26. The van der Waals surface area contributed by atoms with Gasteiger partial charge >= 0.3 is 5.97 Å². The van der Waals surface area contributed by atoms with Gasteiger partial charge in [0.15, 0.2) is 12.6 Å². The molecule has 0 aromatic rings. The first-order valence-corrected chi connectivity index (χ1v) is 30.5. The van der Waals surface area contributed by atoms with E-state index in [-0.39, 0.29) is 19.3 Å². The van der Waals surface area contributed by atoms with Crippen molar-refractivity contribution < 1.29 is 82.8 Å². The van der Waals surface area contributed by atoms with Gasteiger partial charge in [-0.05, 0) is 25.7 Å². The first-order valence-electron chi connectivity index (χ1n) is 29.0. The summed E-state index contributed by atoms with van der Waals surface area (Å²) in [5, 5.41) is 70.1. The Morgan fingerprint density at radius 2 is 1.03 bits per heavy atom. The number of aliphatic hydroxyl groups excluding tert-OH is 6. The Hall–Kier alpha value is -1.84.